The van der Waals surface area contributed by atoms with Gasteiger partial charge in [-0.15, -0.1) is 0 Å². The van der Waals surface area contributed by atoms with Crippen LogP contribution in [0, 0.1) is 0 Å². The van der Waals surface area contributed by atoms with Gasteiger partial charge < -0.3 is 24.5 Å². The number of nitrogens with zero attached hydrogens (tertiary/aromatic N) is 2. The first-order chi connectivity index (χ1) is 10.3. The zero-order chi connectivity index (χ0) is 14.7. The molecule has 7 heteroatoms. The Bertz CT molecular complexity index is 453. The van der Waals surface area contributed by atoms with E-state index in [0.29, 0.717) is 38.1 Å². The van der Waals surface area contributed by atoms with Gasteiger partial charge in [-0.2, -0.15) is 4.98 Å². The number of hydrogen-bond acceptors (Lipinski definition) is 7. The molecule has 0 spiro atoms. The van der Waals surface area contributed by atoms with Crippen molar-refractivity contribution in [2.24, 2.45) is 5.73 Å². The summed E-state index contributed by atoms with van der Waals surface area (Å²) in [7, 11) is 0. The van der Waals surface area contributed by atoms with Crippen LogP contribution in [-0.4, -0.2) is 42.6 Å². The molecule has 0 amide bonds. The standard InChI is InChI=1S/C14H23N3O4/c1-2-19-14(5-7-18-8-6-14)13-16-12(21-17-13)11-4-3-10(9-15)20-11/h10-11H,2-9,15H2,1H3. The number of nitrogens with two attached hydrogens (primary N) is 1. The molecule has 2 aliphatic heterocycles. The first kappa shape index (κ1) is 14.9. The zero-order valence-electron chi connectivity index (χ0n) is 12.4. The van der Waals surface area contributed by atoms with E-state index >= 15 is 0 Å². The molecule has 1 aromatic heterocycles. The lowest BCUT2D eigenvalue weighted by Crippen LogP contribution is -2.37. The fraction of sp³-hybridized carbons (Fsp3) is 0.857. The van der Waals surface area contributed by atoms with Crippen LogP contribution in [0.2, 0.25) is 0 Å². The third-order valence-corrected chi connectivity index (χ3v) is 4.22. The van der Waals surface area contributed by atoms with Crippen LogP contribution in [0.5, 0.6) is 0 Å². The van der Waals surface area contributed by atoms with E-state index in [1.54, 1.807) is 0 Å². The van der Waals surface area contributed by atoms with Crippen LogP contribution in [0.3, 0.4) is 0 Å². The lowest BCUT2D eigenvalue weighted by atomic mass is 9.93. The van der Waals surface area contributed by atoms with E-state index in [1.165, 1.54) is 0 Å². The number of hydrogen-bond donors (Lipinski definition) is 1. The van der Waals surface area contributed by atoms with E-state index in [2.05, 4.69) is 10.1 Å². The molecule has 3 rings (SSSR count). The quantitative estimate of drug-likeness (QED) is 0.875. The molecule has 0 saturated carbocycles. The molecule has 0 aliphatic carbocycles. The SMILES string of the molecule is CCOC1(c2noc(C3CCC(CN)O3)n2)CCOCC1. The van der Waals surface area contributed by atoms with Gasteiger partial charge in [0.25, 0.3) is 5.89 Å². The van der Waals surface area contributed by atoms with E-state index < -0.39 is 5.60 Å². The maximum atomic E-state index is 5.95. The normalized spacial score (nSPS) is 28.9. The minimum Gasteiger partial charge on any atom is -0.381 e. The van der Waals surface area contributed by atoms with Gasteiger partial charge in [0.2, 0.25) is 5.82 Å². The van der Waals surface area contributed by atoms with E-state index in [1.807, 2.05) is 6.92 Å². The van der Waals surface area contributed by atoms with Gasteiger partial charge in [-0.1, -0.05) is 5.16 Å². The zero-order valence-corrected chi connectivity index (χ0v) is 12.4. The molecule has 0 radical (unpaired) electrons. The maximum absolute atomic E-state index is 5.95. The largest absolute Gasteiger partial charge is 0.381 e. The Hall–Kier alpha value is -1.02. The fourth-order valence-corrected chi connectivity index (χ4v) is 3.02. The number of ether oxygens (including phenoxy) is 3. The molecular weight excluding hydrogens is 274 g/mol. The predicted molar refractivity (Wildman–Crippen MR) is 73.6 cm³/mol. The highest BCUT2D eigenvalue weighted by Crippen LogP contribution is 2.37. The Morgan fingerprint density at radius 1 is 1.33 bits per heavy atom. The third kappa shape index (κ3) is 2.96. The van der Waals surface area contributed by atoms with Crippen molar-refractivity contribution in [2.75, 3.05) is 26.4 Å². The molecule has 2 N–H and O–H groups in total. The summed E-state index contributed by atoms with van der Waals surface area (Å²) >= 11 is 0. The van der Waals surface area contributed by atoms with Gasteiger partial charge in [0.05, 0.1) is 6.10 Å². The Kier molecular flexibility index (Phi) is 4.54. The first-order valence-electron chi connectivity index (χ1n) is 7.68. The topological polar surface area (TPSA) is 92.6 Å². The highest BCUT2D eigenvalue weighted by atomic mass is 16.5. The van der Waals surface area contributed by atoms with Crippen molar-refractivity contribution in [3.05, 3.63) is 11.7 Å². The monoisotopic (exact) mass is 297 g/mol. The molecule has 2 atom stereocenters. The second kappa shape index (κ2) is 6.39. The predicted octanol–water partition coefficient (Wildman–Crippen LogP) is 1.29. The van der Waals surface area contributed by atoms with Gasteiger partial charge in [-0.3, -0.25) is 0 Å². The van der Waals surface area contributed by atoms with Crippen molar-refractivity contribution >= 4 is 0 Å². The summed E-state index contributed by atoms with van der Waals surface area (Å²) in [4.78, 5) is 4.55. The maximum Gasteiger partial charge on any atom is 0.255 e. The third-order valence-electron chi connectivity index (χ3n) is 4.22. The fourth-order valence-electron chi connectivity index (χ4n) is 3.02. The summed E-state index contributed by atoms with van der Waals surface area (Å²) in [6, 6.07) is 0. The van der Waals surface area contributed by atoms with Gasteiger partial charge in [0, 0.05) is 39.2 Å². The first-order valence-corrected chi connectivity index (χ1v) is 7.68. The van der Waals surface area contributed by atoms with Crippen LogP contribution in [-0.2, 0) is 19.8 Å². The lowest BCUT2D eigenvalue weighted by Gasteiger charge is -2.33. The molecule has 118 valence electrons. The minimum absolute atomic E-state index is 0.0919. The summed E-state index contributed by atoms with van der Waals surface area (Å²) in [5, 5.41) is 4.15. The molecule has 1 aromatic rings. The van der Waals surface area contributed by atoms with E-state index in [4.69, 9.17) is 24.5 Å². The van der Waals surface area contributed by atoms with Gasteiger partial charge >= 0.3 is 0 Å². The van der Waals surface area contributed by atoms with Crippen molar-refractivity contribution < 1.29 is 18.7 Å². The van der Waals surface area contributed by atoms with Crippen LogP contribution >= 0.6 is 0 Å². The molecule has 2 unspecified atom stereocenters. The molecule has 21 heavy (non-hydrogen) atoms. The smallest absolute Gasteiger partial charge is 0.255 e. The highest BCUT2D eigenvalue weighted by Gasteiger charge is 2.41. The van der Waals surface area contributed by atoms with Crippen molar-refractivity contribution in [3.8, 4) is 0 Å². The van der Waals surface area contributed by atoms with Crippen LogP contribution in [0.25, 0.3) is 0 Å². The molecular formula is C14H23N3O4. The summed E-state index contributed by atoms with van der Waals surface area (Å²) in [5.41, 5.74) is 5.15. The molecule has 2 saturated heterocycles. The number of rotatable bonds is 5. The summed E-state index contributed by atoms with van der Waals surface area (Å²) in [6.07, 6.45) is 3.25. The van der Waals surface area contributed by atoms with Crippen molar-refractivity contribution in [1.29, 1.82) is 0 Å². The summed E-state index contributed by atoms with van der Waals surface area (Å²) in [5.74, 6) is 1.15. The van der Waals surface area contributed by atoms with E-state index in [-0.39, 0.29) is 12.2 Å². The molecule has 2 aliphatic rings. The van der Waals surface area contributed by atoms with Crippen LogP contribution in [0.1, 0.15) is 50.4 Å². The molecule has 0 bridgehead atoms. The lowest BCUT2D eigenvalue weighted by molar-refractivity contribution is -0.118. The van der Waals surface area contributed by atoms with Crippen LogP contribution < -0.4 is 5.73 Å². The molecule has 3 heterocycles. The summed E-state index contributed by atoms with van der Waals surface area (Å²) < 4.78 is 22.6. The average molecular weight is 297 g/mol. The Balaban J connectivity index is 1.76. The van der Waals surface area contributed by atoms with Gasteiger partial charge in [-0.25, -0.2) is 0 Å². The Morgan fingerprint density at radius 2 is 2.14 bits per heavy atom. The van der Waals surface area contributed by atoms with Crippen molar-refractivity contribution in [2.45, 2.75) is 50.4 Å². The van der Waals surface area contributed by atoms with Crippen LogP contribution in [0.15, 0.2) is 4.52 Å². The Morgan fingerprint density at radius 3 is 2.81 bits per heavy atom. The van der Waals surface area contributed by atoms with E-state index in [9.17, 15) is 0 Å². The second-order valence-corrected chi connectivity index (χ2v) is 5.56. The molecule has 2 fully saturated rings. The number of aromatic nitrogens is 2. The van der Waals surface area contributed by atoms with Crippen molar-refractivity contribution in [1.82, 2.24) is 10.1 Å². The molecule has 0 aromatic carbocycles. The summed E-state index contributed by atoms with van der Waals surface area (Å²) in [6.45, 7) is 4.42. The highest BCUT2D eigenvalue weighted by molar-refractivity contribution is 5.05. The van der Waals surface area contributed by atoms with Gasteiger partial charge in [0.1, 0.15) is 11.7 Å². The van der Waals surface area contributed by atoms with Crippen LogP contribution in [0.4, 0.5) is 0 Å². The average Bonchev–Trinajstić information content (AvgIpc) is 3.17. The Labute approximate surface area is 124 Å². The molecule has 7 nitrogen and oxygen atoms in total. The van der Waals surface area contributed by atoms with E-state index in [0.717, 1.165) is 25.7 Å². The van der Waals surface area contributed by atoms with Gasteiger partial charge in [0.15, 0.2) is 0 Å². The minimum atomic E-state index is -0.485. The van der Waals surface area contributed by atoms with Crippen molar-refractivity contribution in [3.63, 3.8) is 0 Å². The second-order valence-electron chi connectivity index (χ2n) is 5.56. The van der Waals surface area contributed by atoms with Gasteiger partial charge in [-0.05, 0) is 19.8 Å².